The van der Waals surface area contributed by atoms with Crippen LogP contribution in [0.25, 0.3) is 0 Å². The number of nitrogens with one attached hydrogen (secondary N) is 1. The van der Waals surface area contributed by atoms with Crippen LogP contribution in [-0.4, -0.2) is 31.9 Å². The number of carbonyl (C=O) groups is 2. The fourth-order valence-corrected chi connectivity index (χ4v) is 3.53. The lowest BCUT2D eigenvalue weighted by Gasteiger charge is -2.21. The molecule has 2 aromatic heterocycles. The van der Waals surface area contributed by atoms with E-state index < -0.39 is 11.4 Å². The Morgan fingerprint density at radius 3 is 2.68 bits per heavy atom. The number of pyridine rings is 1. The first-order valence-corrected chi connectivity index (χ1v) is 8.11. The standard InChI is InChI=1S/C18H18N4O3/c1-17(2,3)15-20-8-11-13(21-15)22-16(25)18(11)5-9-4-10(14(23)24)7-19-12(9)6-18/h4,7-8H,5-6H2,1-3H3,(H,23,24)(H,20,21,22,25)/t18-/m0/s1. The summed E-state index contributed by atoms with van der Waals surface area (Å²) < 4.78 is 0. The molecule has 1 aliphatic carbocycles. The Morgan fingerprint density at radius 1 is 1.24 bits per heavy atom. The Bertz CT molecular complexity index is 932. The van der Waals surface area contributed by atoms with Gasteiger partial charge in [0, 0.05) is 35.5 Å². The number of aromatic nitrogens is 3. The van der Waals surface area contributed by atoms with Crippen molar-refractivity contribution in [3.8, 4) is 0 Å². The zero-order valence-corrected chi connectivity index (χ0v) is 14.3. The number of fused-ring (bicyclic) bond motifs is 3. The third-order valence-corrected chi connectivity index (χ3v) is 4.91. The third-order valence-electron chi connectivity index (χ3n) is 4.91. The molecular weight excluding hydrogens is 320 g/mol. The number of hydrogen-bond donors (Lipinski definition) is 2. The molecule has 0 aromatic carbocycles. The summed E-state index contributed by atoms with van der Waals surface area (Å²) in [4.78, 5) is 37.2. The van der Waals surface area contributed by atoms with E-state index in [2.05, 4.69) is 20.3 Å². The summed E-state index contributed by atoms with van der Waals surface area (Å²) in [6, 6.07) is 1.61. The number of carboxylic acid groups (broad SMARTS) is 1. The molecule has 2 N–H and O–H groups in total. The van der Waals surface area contributed by atoms with Crippen LogP contribution in [0.3, 0.4) is 0 Å². The van der Waals surface area contributed by atoms with Crippen molar-refractivity contribution in [3.63, 3.8) is 0 Å². The van der Waals surface area contributed by atoms with Gasteiger partial charge in [0.05, 0.1) is 11.0 Å². The molecule has 1 atom stereocenters. The maximum absolute atomic E-state index is 12.8. The van der Waals surface area contributed by atoms with Crippen LogP contribution in [0.2, 0.25) is 0 Å². The largest absolute Gasteiger partial charge is 0.478 e. The van der Waals surface area contributed by atoms with Crippen LogP contribution < -0.4 is 5.32 Å². The Morgan fingerprint density at radius 2 is 2.00 bits per heavy atom. The van der Waals surface area contributed by atoms with Gasteiger partial charge in [0.25, 0.3) is 0 Å². The molecule has 1 spiro atoms. The average Bonchev–Trinajstić information content (AvgIpc) is 3.04. The molecule has 0 radical (unpaired) electrons. The van der Waals surface area contributed by atoms with E-state index in [-0.39, 0.29) is 16.9 Å². The van der Waals surface area contributed by atoms with Crippen molar-refractivity contribution in [1.82, 2.24) is 15.0 Å². The van der Waals surface area contributed by atoms with Crippen molar-refractivity contribution in [2.75, 3.05) is 5.32 Å². The molecular formula is C18H18N4O3. The van der Waals surface area contributed by atoms with Crippen LogP contribution in [0.4, 0.5) is 5.82 Å². The maximum atomic E-state index is 12.8. The summed E-state index contributed by atoms with van der Waals surface area (Å²) in [6.07, 6.45) is 3.91. The van der Waals surface area contributed by atoms with Gasteiger partial charge in [-0.1, -0.05) is 20.8 Å². The molecule has 0 saturated carbocycles. The topological polar surface area (TPSA) is 105 Å². The number of carbonyl (C=O) groups excluding carboxylic acids is 1. The van der Waals surface area contributed by atoms with Gasteiger partial charge >= 0.3 is 5.97 Å². The molecule has 1 aliphatic heterocycles. The fourth-order valence-electron chi connectivity index (χ4n) is 3.53. The van der Waals surface area contributed by atoms with Crippen molar-refractivity contribution in [2.24, 2.45) is 0 Å². The monoisotopic (exact) mass is 338 g/mol. The highest BCUT2D eigenvalue weighted by atomic mass is 16.4. The van der Waals surface area contributed by atoms with Gasteiger partial charge in [0.15, 0.2) is 0 Å². The number of carboxylic acids is 1. The second-order valence-electron chi connectivity index (χ2n) is 7.73. The minimum Gasteiger partial charge on any atom is -0.478 e. The number of rotatable bonds is 1. The van der Waals surface area contributed by atoms with E-state index in [1.807, 2.05) is 20.8 Å². The molecule has 7 heteroatoms. The van der Waals surface area contributed by atoms with Gasteiger partial charge < -0.3 is 10.4 Å². The minimum absolute atomic E-state index is 0.127. The molecule has 1 amide bonds. The van der Waals surface area contributed by atoms with Crippen LogP contribution in [0.15, 0.2) is 18.5 Å². The highest BCUT2D eigenvalue weighted by Crippen LogP contribution is 2.46. The van der Waals surface area contributed by atoms with Crippen molar-refractivity contribution in [3.05, 3.63) is 46.7 Å². The molecule has 0 unspecified atom stereocenters. The van der Waals surface area contributed by atoms with Gasteiger partial charge in [-0.3, -0.25) is 9.78 Å². The zero-order valence-electron chi connectivity index (χ0n) is 14.3. The SMILES string of the molecule is CC(C)(C)c1ncc2c(n1)NC(=O)[C@]21Cc2cc(C(=O)O)cnc2C1. The van der Waals surface area contributed by atoms with E-state index in [1.54, 1.807) is 12.3 Å². The van der Waals surface area contributed by atoms with Crippen LogP contribution in [0.5, 0.6) is 0 Å². The van der Waals surface area contributed by atoms with Crippen LogP contribution >= 0.6 is 0 Å². The van der Waals surface area contributed by atoms with Crippen molar-refractivity contribution < 1.29 is 14.7 Å². The zero-order chi connectivity index (χ0) is 18.0. The summed E-state index contributed by atoms with van der Waals surface area (Å²) in [5, 5.41) is 12.0. The van der Waals surface area contributed by atoms with Gasteiger partial charge in [0.2, 0.25) is 5.91 Å². The molecule has 2 aromatic rings. The molecule has 2 aliphatic rings. The average molecular weight is 338 g/mol. The summed E-state index contributed by atoms with van der Waals surface area (Å²) >= 11 is 0. The first-order chi connectivity index (χ1) is 11.7. The number of nitrogens with zero attached hydrogens (tertiary/aromatic N) is 3. The van der Waals surface area contributed by atoms with Crippen LogP contribution in [0.1, 0.15) is 53.8 Å². The number of hydrogen-bond acceptors (Lipinski definition) is 5. The molecule has 4 rings (SSSR count). The van der Waals surface area contributed by atoms with Crippen LogP contribution in [-0.2, 0) is 28.5 Å². The van der Waals surface area contributed by atoms with E-state index in [4.69, 9.17) is 5.11 Å². The predicted molar refractivity (Wildman–Crippen MR) is 89.6 cm³/mol. The summed E-state index contributed by atoms with van der Waals surface area (Å²) in [5.41, 5.74) is 1.44. The van der Waals surface area contributed by atoms with Gasteiger partial charge in [0.1, 0.15) is 11.6 Å². The molecule has 25 heavy (non-hydrogen) atoms. The van der Waals surface area contributed by atoms with Crippen LogP contribution in [0, 0.1) is 0 Å². The van der Waals surface area contributed by atoms with E-state index >= 15 is 0 Å². The first-order valence-electron chi connectivity index (χ1n) is 8.11. The Labute approximate surface area is 144 Å². The molecule has 0 saturated heterocycles. The smallest absolute Gasteiger partial charge is 0.337 e. The third kappa shape index (κ3) is 2.22. The van der Waals surface area contributed by atoms with E-state index in [1.165, 1.54) is 6.20 Å². The second-order valence-corrected chi connectivity index (χ2v) is 7.73. The lowest BCUT2D eigenvalue weighted by molar-refractivity contribution is -0.120. The summed E-state index contributed by atoms with van der Waals surface area (Å²) in [5.74, 6) is 0.0741. The van der Waals surface area contributed by atoms with Gasteiger partial charge in [-0.15, -0.1) is 0 Å². The van der Waals surface area contributed by atoms with Crippen molar-refractivity contribution >= 4 is 17.7 Å². The highest BCUT2D eigenvalue weighted by molar-refractivity contribution is 6.06. The van der Waals surface area contributed by atoms with Crippen molar-refractivity contribution in [1.29, 1.82) is 0 Å². The number of amides is 1. The van der Waals surface area contributed by atoms with E-state index in [0.29, 0.717) is 24.5 Å². The maximum Gasteiger partial charge on any atom is 0.337 e. The summed E-state index contributed by atoms with van der Waals surface area (Å²) in [6.45, 7) is 6.05. The lowest BCUT2D eigenvalue weighted by atomic mass is 9.80. The normalized spacial score (nSPS) is 21.2. The molecule has 3 heterocycles. The number of aromatic carboxylic acids is 1. The van der Waals surface area contributed by atoms with Gasteiger partial charge in [-0.05, 0) is 18.1 Å². The Balaban J connectivity index is 1.78. The molecule has 0 bridgehead atoms. The van der Waals surface area contributed by atoms with Crippen molar-refractivity contribution in [2.45, 2.75) is 44.4 Å². The molecule has 0 fully saturated rings. The van der Waals surface area contributed by atoms with Gasteiger partial charge in [-0.25, -0.2) is 14.8 Å². The highest BCUT2D eigenvalue weighted by Gasteiger charge is 2.52. The second kappa shape index (κ2) is 4.84. The minimum atomic E-state index is -1.02. The van der Waals surface area contributed by atoms with E-state index in [9.17, 15) is 9.59 Å². The Kier molecular flexibility index (Phi) is 3.04. The number of anilines is 1. The first kappa shape index (κ1) is 15.7. The fraction of sp³-hybridized carbons (Fsp3) is 0.389. The lowest BCUT2D eigenvalue weighted by Crippen LogP contribution is -2.35. The van der Waals surface area contributed by atoms with Gasteiger partial charge in [-0.2, -0.15) is 0 Å². The molecule has 128 valence electrons. The van der Waals surface area contributed by atoms with E-state index in [0.717, 1.165) is 16.8 Å². The summed E-state index contributed by atoms with van der Waals surface area (Å²) in [7, 11) is 0. The Hall–Kier alpha value is -2.83. The quantitative estimate of drug-likeness (QED) is 0.822. The predicted octanol–water partition coefficient (Wildman–Crippen LogP) is 1.86. The molecule has 7 nitrogen and oxygen atoms in total.